The van der Waals surface area contributed by atoms with Crippen LogP contribution in [0.3, 0.4) is 0 Å². The molecule has 1 fully saturated rings. The van der Waals surface area contributed by atoms with Crippen LogP contribution in [0.25, 0.3) is 5.78 Å². The molecule has 0 unspecified atom stereocenters. The average molecular weight is 734 g/mol. The zero-order valence-corrected chi connectivity index (χ0v) is 27.6. The number of carbonyl (C=O) groups excluding carboxylic acids is 3. The van der Waals surface area contributed by atoms with Crippen LogP contribution in [0.15, 0.2) is 50.8 Å². The van der Waals surface area contributed by atoms with Gasteiger partial charge >= 0.3 is 5.97 Å². The number of carboxylic acids is 1. The van der Waals surface area contributed by atoms with Crippen LogP contribution in [0.1, 0.15) is 22.0 Å². The van der Waals surface area contributed by atoms with E-state index in [0.29, 0.717) is 16.3 Å². The molecular formula is C26H23N9O9S4. The number of nitrogens with two attached hydrogens (primary N) is 1. The van der Waals surface area contributed by atoms with Gasteiger partial charge in [-0.25, -0.2) is 27.9 Å². The quantitative estimate of drug-likeness (QED) is 0.0297. The number of nitrogen functional groups attached to an aromatic ring is 1. The monoisotopic (exact) mass is 733 g/mol. The van der Waals surface area contributed by atoms with Crippen molar-refractivity contribution >= 4 is 79.4 Å². The molecule has 0 bridgehead atoms. The Morgan fingerprint density at radius 1 is 1.15 bits per heavy atom. The second-order valence-electron chi connectivity index (χ2n) is 10.3. The molecule has 0 spiro atoms. The van der Waals surface area contributed by atoms with Crippen molar-refractivity contribution in [3.05, 3.63) is 58.1 Å². The minimum Gasteiger partial charge on any atom is -0.504 e. The first-order chi connectivity index (χ1) is 22.7. The summed E-state index contributed by atoms with van der Waals surface area (Å²) in [6.07, 6.45) is 0. The van der Waals surface area contributed by atoms with E-state index in [9.17, 15) is 42.9 Å². The van der Waals surface area contributed by atoms with E-state index in [4.69, 9.17) is 5.73 Å². The summed E-state index contributed by atoms with van der Waals surface area (Å²) in [5.41, 5.74) is 6.12. The first-order valence-electron chi connectivity index (χ1n) is 13.6. The van der Waals surface area contributed by atoms with E-state index in [-0.39, 0.29) is 51.1 Å². The van der Waals surface area contributed by atoms with Crippen LogP contribution in [0, 0.1) is 6.92 Å². The third-order valence-electron chi connectivity index (χ3n) is 7.02. The molecule has 0 radical (unpaired) electrons. The Kier molecular flexibility index (Phi) is 8.76. The number of Topliss-reactive ketones (excluding diaryl/α,β-unsaturated/α-hetero) is 1. The number of thiazole rings is 1. The minimum absolute atomic E-state index is 0.0685. The summed E-state index contributed by atoms with van der Waals surface area (Å²) in [6, 6.07) is 3.63. The summed E-state index contributed by atoms with van der Waals surface area (Å²) in [6.45, 7) is 1.38. The smallest absolute Gasteiger partial charge is 0.352 e. The normalized spacial score (nSPS) is 17.7. The van der Waals surface area contributed by atoms with Crippen molar-refractivity contribution in [2.75, 3.05) is 17.2 Å². The van der Waals surface area contributed by atoms with Crippen molar-refractivity contribution in [2.45, 2.75) is 34.8 Å². The molecule has 0 saturated carbocycles. The van der Waals surface area contributed by atoms with Crippen molar-refractivity contribution in [3.63, 3.8) is 0 Å². The fraction of sp³-hybridized carbons (Fsp3) is 0.231. The fourth-order valence-corrected chi connectivity index (χ4v) is 8.83. The largest absolute Gasteiger partial charge is 0.504 e. The summed E-state index contributed by atoms with van der Waals surface area (Å²) >= 11 is 3.41. The number of aryl methyl sites for hydroxylation is 1. The number of fused-ring (bicyclic) bond motifs is 2. The summed E-state index contributed by atoms with van der Waals surface area (Å²) in [4.78, 5) is 63.5. The number of anilines is 1. The van der Waals surface area contributed by atoms with E-state index in [1.54, 1.807) is 13.0 Å². The molecule has 5 heterocycles. The molecule has 2 amide bonds. The number of nitrogens with zero attached hydrogens (tertiary/aromatic N) is 6. The number of sulfonamides is 1. The van der Waals surface area contributed by atoms with Gasteiger partial charge in [-0.15, -0.1) is 40.0 Å². The number of benzene rings is 1. The van der Waals surface area contributed by atoms with Crippen LogP contribution in [-0.2, 0) is 31.0 Å². The lowest BCUT2D eigenvalue weighted by atomic mass is 10.0. The lowest BCUT2D eigenvalue weighted by molar-refractivity contribution is -0.150. The Morgan fingerprint density at radius 2 is 1.92 bits per heavy atom. The Hall–Kier alpha value is -4.77. The van der Waals surface area contributed by atoms with Gasteiger partial charge in [-0.05, 0) is 30.7 Å². The highest BCUT2D eigenvalue weighted by atomic mass is 32.2. The van der Waals surface area contributed by atoms with Crippen LogP contribution in [0.4, 0.5) is 5.13 Å². The SMILES string of the molecule is Cc1cc(SCC2=C(C(=O)O)N3C(=O)[C@@H](NC(=O)C(=O)c4csc(N)n4)[C@H]3SC2)n2nc(CNS(=O)(=O)c3ccc(O)c(O)c3)nc2n1. The topological polar surface area (TPSA) is 272 Å². The van der Waals surface area contributed by atoms with Gasteiger partial charge in [-0.2, -0.15) is 9.50 Å². The van der Waals surface area contributed by atoms with Crippen molar-refractivity contribution < 1.29 is 42.9 Å². The van der Waals surface area contributed by atoms with E-state index < -0.39 is 56.5 Å². The van der Waals surface area contributed by atoms with E-state index in [1.807, 2.05) is 0 Å². The van der Waals surface area contributed by atoms with Gasteiger partial charge in [0.1, 0.15) is 27.8 Å². The molecule has 3 aromatic heterocycles. The number of rotatable bonds is 11. The second kappa shape index (κ2) is 12.7. The first kappa shape index (κ1) is 33.1. The molecule has 0 aliphatic carbocycles. The molecule has 1 aromatic carbocycles. The van der Waals surface area contributed by atoms with Gasteiger partial charge in [0.25, 0.3) is 23.4 Å². The van der Waals surface area contributed by atoms with Crippen molar-refractivity contribution in [2.24, 2.45) is 0 Å². The number of hydrogen-bond acceptors (Lipinski definition) is 16. The first-order valence-corrected chi connectivity index (χ1v) is 18.0. The van der Waals surface area contributed by atoms with Gasteiger partial charge in [0.05, 0.1) is 11.4 Å². The van der Waals surface area contributed by atoms with E-state index in [2.05, 4.69) is 30.1 Å². The number of aromatic nitrogens is 5. The number of carboxylic acid groups (broad SMARTS) is 1. The zero-order valence-electron chi connectivity index (χ0n) is 24.3. The maximum Gasteiger partial charge on any atom is 0.352 e. The molecule has 250 valence electrons. The van der Waals surface area contributed by atoms with Gasteiger partial charge in [-0.3, -0.25) is 19.3 Å². The zero-order chi connectivity index (χ0) is 34.5. The molecule has 1 saturated heterocycles. The number of aromatic hydroxyl groups is 2. The highest BCUT2D eigenvalue weighted by molar-refractivity contribution is 8.01. The Bertz CT molecular complexity index is 2170. The molecule has 4 aromatic rings. The number of hydrogen-bond donors (Lipinski definition) is 6. The fourth-order valence-electron chi connectivity index (χ4n) is 4.76. The van der Waals surface area contributed by atoms with Crippen LogP contribution < -0.4 is 15.8 Å². The summed E-state index contributed by atoms with van der Waals surface area (Å²) < 4.78 is 29.1. The maximum atomic E-state index is 13.1. The van der Waals surface area contributed by atoms with Crippen LogP contribution in [-0.4, -0.2) is 99.7 Å². The van der Waals surface area contributed by atoms with Crippen LogP contribution in [0.2, 0.25) is 0 Å². The third kappa shape index (κ3) is 6.26. The highest BCUT2D eigenvalue weighted by Gasteiger charge is 2.54. The number of nitrogens with one attached hydrogen (secondary N) is 2. The van der Waals surface area contributed by atoms with E-state index in [0.717, 1.165) is 34.4 Å². The minimum atomic E-state index is -4.11. The van der Waals surface area contributed by atoms with Gasteiger partial charge in [0.15, 0.2) is 22.5 Å². The summed E-state index contributed by atoms with van der Waals surface area (Å²) in [7, 11) is -4.11. The third-order valence-corrected chi connectivity index (χ3v) is 11.5. The maximum absolute atomic E-state index is 13.1. The number of thioether (sulfide) groups is 2. The molecule has 7 N–H and O–H groups in total. The van der Waals surface area contributed by atoms with Gasteiger partial charge < -0.3 is 26.4 Å². The molecule has 6 rings (SSSR count). The van der Waals surface area contributed by atoms with E-state index in [1.165, 1.54) is 33.4 Å². The Morgan fingerprint density at radius 3 is 2.60 bits per heavy atom. The van der Waals surface area contributed by atoms with Gasteiger partial charge in [-0.1, -0.05) is 0 Å². The number of carbonyl (C=O) groups is 4. The van der Waals surface area contributed by atoms with E-state index >= 15 is 0 Å². The van der Waals surface area contributed by atoms with Crippen LogP contribution >= 0.6 is 34.9 Å². The Balaban J connectivity index is 1.16. The number of phenolic OH excluding ortho intramolecular Hbond substituents is 2. The predicted octanol–water partition coefficient (Wildman–Crippen LogP) is 0.0747. The summed E-state index contributed by atoms with van der Waals surface area (Å²) in [5.74, 6) is -4.57. The molecule has 2 aliphatic heterocycles. The van der Waals surface area contributed by atoms with Gasteiger partial charge in [0, 0.05) is 28.6 Å². The standard InChI is InChI=1S/C26H23N9O9S4/c1-10-4-17(35-26(29-10)31-16(33-35)6-28-48(43,44)12-2-3-14(36)15(37)5-12)45-7-11-8-46-23-18(22(40)34(23)19(11)24(41)42)32-21(39)20(38)13-9-47-25(27)30-13/h2-5,9,18,23,28,36-37H,6-8H2,1H3,(H2,27,30)(H,32,39)(H,41,42)/t18-,23-/m1/s1. The Labute approximate surface area is 282 Å². The lowest BCUT2D eigenvalue weighted by Crippen LogP contribution is -2.71. The molecule has 2 atom stereocenters. The highest BCUT2D eigenvalue weighted by Crippen LogP contribution is 2.41. The molecule has 22 heteroatoms. The average Bonchev–Trinajstić information content (AvgIpc) is 3.67. The number of ketones is 1. The van der Waals surface area contributed by atoms with Crippen molar-refractivity contribution in [1.82, 2.24) is 39.5 Å². The van der Waals surface area contributed by atoms with Crippen LogP contribution in [0.5, 0.6) is 11.5 Å². The second-order valence-corrected chi connectivity index (χ2v) is 15.0. The number of aliphatic carboxylic acids is 1. The number of amides is 2. The molecule has 48 heavy (non-hydrogen) atoms. The van der Waals surface area contributed by atoms with Crippen molar-refractivity contribution in [1.29, 1.82) is 0 Å². The lowest BCUT2D eigenvalue weighted by Gasteiger charge is -2.49. The summed E-state index contributed by atoms with van der Waals surface area (Å²) in [5, 5.41) is 37.1. The predicted molar refractivity (Wildman–Crippen MR) is 171 cm³/mol. The molecule has 18 nitrogen and oxygen atoms in total. The van der Waals surface area contributed by atoms with Crippen molar-refractivity contribution in [3.8, 4) is 11.5 Å². The van der Waals surface area contributed by atoms with Gasteiger partial charge in [0.2, 0.25) is 10.0 Å². The number of β-lactam (4-membered cyclic amide) rings is 1. The molecular weight excluding hydrogens is 711 g/mol. The molecule has 2 aliphatic rings. The number of phenols is 2.